The predicted octanol–water partition coefficient (Wildman–Crippen LogP) is 4.56. The molecule has 1 aromatic rings. The van der Waals surface area contributed by atoms with E-state index in [-0.39, 0.29) is 5.82 Å². The fraction of sp³-hybridized carbons (Fsp3) is 0.647. The Morgan fingerprint density at radius 2 is 1.89 bits per heavy atom. The van der Waals surface area contributed by atoms with Crippen LogP contribution in [0.15, 0.2) is 24.3 Å². The Labute approximate surface area is 117 Å². The standard InChI is InChI=1S/C17H28FN/c1-4-10-19-17(12-14(5-2)6-3)13-15-8-7-9-16(18)11-15/h7-9,11,14,17,19H,4-6,10,12-13H2,1-3H3. The zero-order valence-corrected chi connectivity index (χ0v) is 12.6. The van der Waals surface area contributed by atoms with Gasteiger partial charge in [-0.3, -0.25) is 0 Å². The van der Waals surface area contributed by atoms with Gasteiger partial charge in [0.2, 0.25) is 0 Å². The normalized spacial score (nSPS) is 12.9. The zero-order chi connectivity index (χ0) is 14.1. The minimum absolute atomic E-state index is 0.130. The summed E-state index contributed by atoms with van der Waals surface area (Å²) in [7, 11) is 0. The molecule has 0 aliphatic rings. The van der Waals surface area contributed by atoms with Crippen molar-refractivity contribution in [2.24, 2.45) is 5.92 Å². The van der Waals surface area contributed by atoms with Crippen LogP contribution >= 0.6 is 0 Å². The lowest BCUT2D eigenvalue weighted by molar-refractivity contribution is 0.363. The van der Waals surface area contributed by atoms with Gasteiger partial charge in [0.1, 0.15) is 5.82 Å². The molecule has 0 amide bonds. The van der Waals surface area contributed by atoms with E-state index in [0.29, 0.717) is 6.04 Å². The fourth-order valence-electron chi connectivity index (χ4n) is 2.56. The fourth-order valence-corrected chi connectivity index (χ4v) is 2.56. The van der Waals surface area contributed by atoms with Crippen molar-refractivity contribution < 1.29 is 4.39 Å². The second-order valence-corrected chi connectivity index (χ2v) is 5.40. The molecule has 0 aromatic heterocycles. The van der Waals surface area contributed by atoms with E-state index in [1.165, 1.54) is 25.3 Å². The molecule has 0 bridgehead atoms. The third-order valence-electron chi connectivity index (χ3n) is 3.83. The Hall–Kier alpha value is -0.890. The third kappa shape index (κ3) is 6.20. The van der Waals surface area contributed by atoms with E-state index in [1.807, 2.05) is 6.07 Å². The SMILES string of the molecule is CCCNC(Cc1cccc(F)c1)CC(CC)CC. The van der Waals surface area contributed by atoms with Gasteiger partial charge in [-0.25, -0.2) is 4.39 Å². The van der Waals surface area contributed by atoms with E-state index in [0.717, 1.165) is 30.9 Å². The minimum atomic E-state index is -0.130. The van der Waals surface area contributed by atoms with Gasteiger partial charge in [-0.15, -0.1) is 0 Å². The molecule has 0 saturated carbocycles. The summed E-state index contributed by atoms with van der Waals surface area (Å²) in [6.45, 7) is 7.74. The molecule has 0 fully saturated rings. The summed E-state index contributed by atoms with van der Waals surface area (Å²) < 4.78 is 13.2. The second-order valence-electron chi connectivity index (χ2n) is 5.40. The van der Waals surface area contributed by atoms with E-state index in [9.17, 15) is 4.39 Å². The Morgan fingerprint density at radius 3 is 2.47 bits per heavy atom. The molecule has 108 valence electrons. The van der Waals surface area contributed by atoms with Crippen LogP contribution < -0.4 is 5.32 Å². The maximum Gasteiger partial charge on any atom is 0.123 e. The number of hydrogen-bond acceptors (Lipinski definition) is 1. The van der Waals surface area contributed by atoms with E-state index < -0.39 is 0 Å². The summed E-state index contributed by atoms with van der Waals surface area (Å²) in [4.78, 5) is 0. The summed E-state index contributed by atoms with van der Waals surface area (Å²) in [5.41, 5.74) is 1.10. The number of nitrogens with one attached hydrogen (secondary N) is 1. The third-order valence-corrected chi connectivity index (χ3v) is 3.83. The number of benzene rings is 1. The molecule has 1 aromatic carbocycles. The number of hydrogen-bond donors (Lipinski definition) is 1. The second kappa shape index (κ2) is 9.08. The molecule has 1 atom stereocenters. The van der Waals surface area contributed by atoms with Crippen molar-refractivity contribution >= 4 is 0 Å². The van der Waals surface area contributed by atoms with Crippen molar-refractivity contribution in [3.05, 3.63) is 35.6 Å². The predicted molar refractivity (Wildman–Crippen MR) is 80.9 cm³/mol. The van der Waals surface area contributed by atoms with Crippen molar-refractivity contribution in [3.63, 3.8) is 0 Å². The molecule has 19 heavy (non-hydrogen) atoms. The van der Waals surface area contributed by atoms with Crippen molar-refractivity contribution in [1.82, 2.24) is 5.32 Å². The highest BCUT2D eigenvalue weighted by Gasteiger charge is 2.14. The van der Waals surface area contributed by atoms with E-state index in [4.69, 9.17) is 0 Å². The van der Waals surface area contributed by atoms with Crippen LogP contribution in [0.4, 0.5) is 4.39 Å². The van der Waals surface area contributed by atoms with Gasteiger partial charge in [-0.05, 0) is 49.4 Å². The number of rotatable bonds is 9. The first-order valence-corrected chi connectivity index (χ1v) is 7.67. The minimum Gasteiger partial charge on any atom is -0.314 e. The average Bonchev–Trinajstić information content (AvgIpc) is 2.41. The van der Waals surface area contributed by atoms with Crippen molar-refractivity contribution in [1.29, 1.82) is 0 Å². The van der Waals surface area contributed by atoms with Gasteiger partial charge < -0.3 is 5.32 Å². The van der Waals surface area contributed by atoms with Crippen LogP contribution in [0.5, 0.6) is 0 Å². The molecule has 0 aliphatic heterocycles. The van der Waals surface area contributed by atoms with Crippen LogP contribution in [0.25, 0.3) is 0 Å². The molecule has 0 saturated heterocycles. The lowest BCUT2D eigenvalue weighted by Gasteiger charge is -2.23. The Morgan fingerprint density at radius 1 is 1.16 bits per heavy atom. The summed E-state index contributed by atoms with van der Waals surface area (Å²) in [5, 5.41) is 3.61. The monoisotopic (exact) mass is 265 g/mol. The zero-order valence-electron chi connectivity index (χ0n) is 12.6. The topological polar surface area (TPSA) is 12.0 Å². The summed E-state index contributed by atoms with van der Waals surface area (Å²) >= 11 is 0. The average molecular weight is 265 g/mol. The quantitative estimate of drug-likeness (QED) is 0.690. The molecule has 1 unspecified atom stereocenters. The maximum absolute atomic E-state index is 13.2. The molecule has 0 spiro atoms. The van der Waals surface area contributed by atoms with E-state index >= 15 is 0 Å². The Kier molecular flexibility index (Phi) is 7.73. The summed E-state index contributed by atoms with van der Waals surface area (Å²) in [5.74, 6) is 0.636. The molecule has 1 nitrogen and oxygen atoms in total. The van der Waals surface area contributed by atoms with E-state index in [2.05, 4.69) is 26.1 Å². The lowest BCUT2D eigenvalue weighted by Crippen LogP contribution is -2.33. The molecule has 1 N–H and O–H groups in total. The van der Waals surface area contributed by atoms with Gasteiger partial charge >= 0.3 is 0 Å². The van der Waals surface area contributed by atoms with Gasteiger partial charge in [0.25, 0.3) is 0 Å². The van der Waals surface area contributed by atoms with E-state index in [1.54, 1.807) is 12.1 Å². The highest BCUT2D eigenvalue weighted by atomic mass is 19.1. The molecule has 0 radical (unpaired) electrons. The largest absolute Gasteiger partial charge is 0.314 e. The van der Waals surface area contributed by atoms with Crippen LogP contribution in [0.3, 0.4) is 0 Å². The molecule has 0 heterocycles. The van der Waals surface area contributed by atoms with Gasteiger partial charge in [0.15, 0.2) is 0 Å². The van der Waals surface area contributed by atoms with Crippen LogP contribution in [-0.4, -0.2) is 12.6 Å². The van der Waals surface area contributed by atoms with Crippen LogP contribution in [0, 0.1) is 11.7 Å². The summed E-state index contributed by atoms with van der Waals surface area (Å²) in [6.07, 6.45) is 5.70. The first-order valence-electron chi connectivity index (χ1n) is 7.67. The Bertz CT molecular complexity index is 347. The Balaban J connectivity index is 2.62. The lowest BCUT2D eigenvalue weighted by atomic mass is 9.91. The highest BCUT2D eigenvalue weighted by molar-refractivity contribution is 5.17. The number of halogens is 1. The van der Waals surface area contributed by atoms with Gasteiger partial charge in [-0.2, -0.15) is 0 Å². The summed E-state index contributed by atoms with van der Waals surface area (Å²) in [6, 6.07) is 7.47. The first kappa shape index (κ1) is 16.2. The van der Waals surface area contributed by atoms with Crippen molar-refractivity contribution in [2.75, 3.05) is 6.54 Å². The van der Waals surface area contributed by atoms with Crippen LogP contribution in [0.1, 0.15) is 52.0 Å². The molecule has 1 rings (SSSR count). The van der Waals surface area contributed by atoms with Gasteiger partial charge in [0, 0.05) is 6.04 Å². The molecular weight excluding hydrogens is 237 g/mol. The molecule has 0 aliphatic carbocycles. The maximum atomic E-state index is 13.2. The van der Waals surface area contributed by atoms with Crippen molar-refractivity contribution in [3.8, 4) is 0 Å². The van der Waals surface area contributed by atoms with Crippen LogP contribution in [-0.2, 0) is 6.42 Å². The first-order chi connectivity index (χ1) is 9.19. The van der Waals surface area contributed by atoms with Gasteiger partial charge in [0.05, 0.1) is 0 Å². The smallest absolute Gasteiger partial charge is 0.123 e. The molecular formula is C17H28FN. The van der Waals surface area contributed by atoms with Gasteiger partial charge in [-0.1, -0.05) is 45.7 Å². The van der Waals surface area contributed by atoms with Crippen molar-refractivity contribution in [2.45, 2.75) is 58.9 Å². The molecule has 2 heteroatoms. The highest BCUT2D eigenvalue weighted by Crippen LogP contribution is 2.18. The van der Waals surface area contributed by atoms with Crippen LogP contribution in [0.2, 0.25) is 0 Å².